The van der Waals surface area contributed by atoms with Crippen molar-refractivity contribution in [2.45, 2.75) is 38.8 Å². The van der Waals surface area contributed by atoms with E-state index in [0.717, 1.165) is 6.54 Å². The molecule has 1 aliphatic heterocycles. The number of nitrogens with one attached hydrogen (secondary N) is 1. The summed E-state index contributed by atoms with van der Waals surface area (Å²) in [6.07, 6.45) is 2.68. The Morgan fingerprint density at radius 2 is 2.50 bits per heavy atom. The number of likely N-dealkylation sites (N-methyl/N-ethyl adjacent to an activating group) is 1. The van der Waals surface area contributed by atoms with Crippen molar-refractivity contribution in [2.75, 3.05) is 19.6 Å². The molecule has 0 aliphatic carbocycles. The van der Waals surface area contributed by atoms with Crippen LogP contribution in [0.2, 0.25) is 0 Å². The molecule has 2 unspecified atom stereocenters. The molecule has 0 aromatic carbocycles. The van der Waals surface area contributed by atoms with E-state index in [1.807, 2.05) is 0 Å². The maximum Gasteiger partial charge on any atom is 0.0328 e. The van der Waals surface area contributed by atoms with E-state index in [2.05, 4.69) is 40.9 Å². The van der Waals surface area contributed by atoms with Crippen molar-refractivity contribution in [3.63, 3.8) is 0 Å². The van der Waals surface area contributed by atoms with Gasteiger partial charge in [-0.3, -0.25) is 4.90 Å². The average molecular weight is 238 g/mol. The van der Waals surface area contributed by atoms with Crippen LogP contribution < -0.4 is 5.32 Å². The number of hydrogen-bond acceptors (Lipinski definition) is 3. The molecular weight excluding hydrogens is 216 g/mol. The van der Waals surface area contributed by atoms with Gasteiger partial charge in [0.1, 0.15) is 0 Å². The van der Waals surface area contributed by atoms with Crippen LogP contribution in [0.4, 0.5) is 0 Å². The second-order valence-corrected chi connectivity index (χ2v) is 5.39. The Kier molecular flexibility index (Phi) is 4.38. The van der Waals surface area contributed by atoms with Gasteiger partial charge in [0, 0.05) is 18.6 Å². The molecule has 1 aliphatic rings. The summed E-state index contributed by atoms with van der Waals surface area (Å²) in [5, 5.41) is 8.03. The molecule has 0 bridgehead atoms. The van der Waals surface area contributed by atoms with Crippen LogP contribution in [0.5, 0.6) is 0 Å². The SMILES string of the molecule is CCN(CC1CCCN1)C(C)c1ccsc1. The standard InChI is InChI=1S/C13H22N2S/c1-3-15(9-13-5-4-7-14-13)11(2)12-6-8-16-10-12/h6,8,10-11,13-14H,3-5,7,9H2,1-2H3. The van der Waals surface area contributed by atoms with E-state index >= 15 is 0 Å². The predicted molar refractivity (Wildman–Crippen MR) is 71.0 cm³/mol. The zero-order chi connectivity index (χ0) is 11.4. The van der Waals surface area contributed by atoms with E-state index in [9.17, 15) is 0 Å². The highest BCUT2D eigenvalue weighted by molar-refractivity contribution is 7.07. The number of rotatable bonds is 5. The molecule has 1 fully saturated rings. The Labute approximate surface area is 103 Å². The molecule has 1 aromatic rings. The Balaban J connectivity index is 1.93. The molecule has 2 atom stereocenters. The molecule has 16 heavy (non-hydrogen) atoms. The molecule has 1 N–H and O–H groups in total. The summed E-state index contributed by atoms with van der Waals surface area (Å²) < 4.78 is 0. The zero-order valence-electron chi connectivity index (χ0n) is 10.3. The first-order valence-electron chi connectivity index (χ1n) is 6.30. The van der Waals surface area contributed by atoms with Crippen molar-refractivity contribution in [2.24, 2.45) is 0 Å². The van der Waals surface area contributed by atoms with Gasteiger partial charge in [0.25, 0.3) is 0 Å². The predicted octanol–water partition coefficient (Wildman–Crippen LogP) is 2.88. The van der Waals surface area contributed by atoms with Crippen LogP contribution in [0.25, 0.3) is 0 Å². The summed E-state index contributed by atoms with van der Waals surface area (Å²) in [5.41, 5.74) is 1.46. The molecule has 0 saturated carbocycles. The van der Waals surface area contributed by atoms with E-state index in [-0.39, 0.29) is 0 Å². The zero-order valence-corrected chi connectivity index (χ0v) is 11.1. The topological polar surface area (TPSA) is 15.3 Å². The second-order valence-electron chi connectivity index (χ2n) is 4.61. The Morgan fingerprint density at radius 3 is 3.06 bits per heavy atom. The van der Waals surface area contributed by atoms with Crippen molar-refractivity contribution < 1.29 is 0 Å². The maximum absolute atomic E-state index is 3.58. The van der Waals surface area contributed by atoms with Crippen LogP contribution in [0.1, 0.15) is 38.3 Å². The summed E-state index contributed by atoms with van der Waals surface area (Å²) in [6.45, 7) is 8.11. The Bertz CT molecular complexity index is 291. The van der Waals surface area contributed by atoms with Crippen LogP contribution in [-0.4, -0.2) is 30.6 Å². The van der Waals surface area contributed by atoms with E-state index in [4.69, 9.17) is 0 Å². The van der Waals surface area contributed by atoms with Gasteiger partial charge in [-0.15, -0.1) is 0 Å². The summed E-state index contributed by atoms with van der Waals surface area (Å²) in [6, 6.07) is 3.51. The van der Waals surface area contributed by atoms with Gasteiger partial charge in [-0.05, 0) is 55.2 Å². The first-order chi connectivity index (χ1) is 7.81. The number of thiophene rings is 1. The van der Waals surface area contributed by atoms with Gasteiger partial charge in [0.05, 0.1) is 0 Å². The van der Waals surface area contributed by atoms with Crippen LogP contribution in [0.3, 0.4) is 0 Å². The van der Waals surface area contributed by atoms with Crippen molar-refractivity contribution in [1.29, 1.82) is 0 Å². The quantitative estimate of drug-likeness (QED) is 0.848. The third kappa shape index (κ3) is 2.84. The number of hydrogen-bond donors (Lipinski definition) is 1. The fourth-order valence-electron chi connectivity index (χ4n) is 2.48. The largest absolute Gasteiger partial charge is 0.313 e. The summed E-state index contributed by atoms with van der Waals surface area (Å²) in [4.78, 5) is 2.57. The second kappa shape index (κ2) is 5.80. The van der Waals surface area contributed by atoms with Crippen LogP contribution in [-0.2, 0) is 0 Å². The summed E-state index contributed by atoms with van der Waals surface area (Å²) in [5.74, 6) is 0. The minimum absolute atomic E-state index is 0.554. The summed E-state index contributed by atoms with van der Waals surface area (Å²) in [7, 11) is 0. The lowest BCUT2D eigenvalue weighted by atomic mass is 10.1. The molecule has 2 nitrogen and oxygen atoms in total. The van der Waals surface area contributed by atoms with Gasteiger partial charge in [0.2, 0.25) is 0 Å². The van der Waals surface area contributed by atoms with E-state index in [1.165, 1.54) is 31.5 Å². The molecule has 0 spiro atoms. The molecule has 1 saturated heterocycles. The molecule has 1 aromatic heterocycles. The minimum Gasteiger partial charge on any atom is -0.313 e. The fraction of sp³-hybridized carbons (Fsp3) is 0.692. The van der Waals surface area contributed by atoms with Gasteiger partial charge in [-0.1, -0.05) is 6.92 Å². The highest BCUT2D eigenvalue weighted by Gasteiger charge is 2.21. The third-order valence-corrected chi connectivity index (χ3v) is 4.30. The van der Waals surface area contributed by atoms with E-state index in [0.29, 0.717) is 12.1 Å². The summed E-state index contributed by atoms with van der Waals surface area (Å²) >= 11 is 1.80. The molecule has 2 heterocycles. The lowest BCUT2D eigenvalue weighted by molar-refractivity contribution is 0.203. The maximum atomic E-state index is 3.58. The third-order valence-electron chi connectivity index (χ3n) is 3.60. The fourth-order valence-corrected chi connectivity index (χ4v) is 3.23. The Morgan fingerprint density at radius 1 is 1.62 bits per heavy atom. The first-order valence-corrected chi connectivity index (χ1v) is 7.25. The van der Waals surface area contributed by atoms with Gasteiger partial charge in [0.15, 0.2) is 0 Å². The van der Waals surface area contributed by atoms with Crippen molar-refractivity contribution in [3.8, 4) is 0 Å². The van der Waals surface area contributed by atoms with Crippen LogP contribution in [0, 0.1) is 0 Å². The lowest BCUT2D eigenvalue weighted by Crippen LogP contribution is -2.38. The Hall–Kier alpha value is -0.380. The van der Waals surface area contributed by atoms with Gasteiger partial charge in [-0.25, -0.2) is 0 Å². The first kappa shape index (κ1) is 12.1. The average Bonchev–Trinajstić information content (AvgIpc) is 2.97. The molecule has 90 valence electrons. The van der Waals surface area contributed by atoms with Gasteiger partial charge < -0.3 is 5.32 Å². The van der Waals surface area contributed by atoms with Crippen molar-refractivity contribution in [1.82, 2.24) is 10.2 Å². The number of nitrogens with zero attached hydrogens (tertiary/aromatic N) is 1. The monoisotopic (exact) mass is 238 g/mol. The van der Waals surface area contributed by atoms with Crippen molar-refractivity contribution in [3.05, 3.63) is 22.4 Å². The van der Waals surface area contributed by atoms with Crippen LogP contribution >= 0.6 is 11.3 Å². The van der Waals surface area contributed by atoms with Crippen molar-refractivity contribution >= 4 is 11.3 Å². The minimum atomic E-state index is 0.554. The molecular formula is C13H22N2S. The highest BCUT2D eigenvalue weighted by Crippen LogP contribution is 2.23. The normalized spacial score (nSPS) is 22.8. The molecule has 3 heteroatoms. The highest BCUT2D eigenvalue weighted by atomic mass is 32.1. The molecule has 0 amide bonds. The van der Waals surface area contributed by atoms with E-state index < -0.39 is 0 Å². The van der Waals surface area contributed by atoms with Crippen LogP contribution in [0.15, 0.2) is 16.8 Å². The molecule has 2 rings (SSSR count). The van der Waals surface area contributed by atoms with E-state index in [1.54, 1.807) is 11.3 Å². The lowest BCUT2D eigenvalue weighted by Gasteiger charge is -2.30. The molecule has 0 radical (unpaired) electrons. The van der Waals surface area contributed by atoms with Gasteiger partial charge >= 0.3 is 0 Å². The van der Waals surface area contributed by atoms with Gasteiger partial charge in [-0.2, -0.15) is 11.3 Å². The smallest absolute Gasteiger partial charge is 0.0328 e.